The molecule has 0 spiro atoms. The van der Waals surface area contributed by atoms with Crippen LogP contribution < -0.4 is 20.7 Å². The van der Waals surface area contributed by atoms with Crippen LogP contribution in [0.5, 0.6) is 0 Å². The van der Waals surface area contributed by atoms with E-state index in [1.54, 1.807) is 18.2 Å². The van der Waals surface area contributed by atoms with E-state index < -0.39 is 27.2 Å². The van der Waals surface area contributed by atoms with Crippen LogP contribution in [0.15, 0.2) is 180 Å². The molecule has 10 rings (SSSR count). The molecule has 9 aromatic rings. The first kappa shape index (κ1) is 24.5. The van der Waals surface area contributed by atoms with E-state index in [9.17, 15) is 0 Å². The minimum atomic E-state index is -3.46. The van der Waals surface area contributed by atoms with Gasteiger partial charge in [-0.3, -0.25) is 8.97 Å². The van der Waals surface area contributed by atoms with E-state index in [-0.39, 0.29) is 0 Å². The van der Waals surface area contributed by atoms with Crippen LogP contribution in [0.3, 0.4) is 0 Å². The Balaban J connectivity index is 1.34. The van der Waals surface area contributed by atoms with Crippen molar-refractivity contribution in [2.24, 2.45) is 0 Å². The van der Waals surface area contributed by atoms with Crippen LogP contribution in [0.25, 0.3) is 33.7 Å². The number of hydrogen-bond acceptors (Lipinski definition) is 3. The molecule has 0 amide bonds. The van der Waals surface area contributed by atoms with Gasteiger partial charge < -0.3 is 0 Å². The van der Waals surface area contributed by atoms with Crippen molar-refractivity contribution in [1.82, 2.24) is 18.9 Å². The molecule has 1 aliphatic rings. The second-order valence-corrected chi connectivity index (χ2v) is 17.8. The number of imidazole rings is 2. The predicted molar refractivity (Wildman–Crippen MR) is 214 cm³/mol. The van der Waals surface area contributed by atoms with E-state index >= 15 is 0 Å². The van der Waals surface area contributed by atoms with Gasteiger partial charge in [-0.15, -0.1) is 0 Å². The van der Waals surface area contributed by atoms with Crippen LogP contribution in [0.4, 0.5) is 0 Å². The number of benzene rings is 6. The fourth-order valence-electron chi connectivity index (χ4n) is 8.05. The minimum absolute atomic E-state index is 0.295. The molecule has 6 heteroatoms. The smallest absolute Gasteiger partial charge is 0.221 e. The normalized spacial score (nSPS) is 16.0. The maximum Gasteiger partial charge on any atom is 0.221 e. The highest BCUT2D eigenvalue weighted by atomic mass is 32.2. The van der Waals surface area contributed by atoms with Gasteiger partial charge in [0.1, 0.15) is 5.82 Å². The van der Waals surface area contributed by atoms with Gasteiger partial charge in [0.2, 0.25) is 5.78 Å². The van der Waals surface area contributed by atoms with E-state index in [1.807, 2.05) is 91.1 Å². The summed E-state index contributed by atoms with van der Waals surface area (Å²) in [6, 6.07) is 54.0. The lowest BCUT2D eigenvalue weighted by Crippen LogP contribution is -2.75. The standard InChI is InChI=1S/C45H34N4SSi/c1-45(2)34-20-9-14-26-40(34)50-43-35(45)21-15-27-41(43)51(31-16-5-3-6-17-31,32-18-7-4-8-19-32)33-28-29-46-42(30-33)49-39-25-13-12-24-38(39)48-37-23-11-10-22-36(37)47-44(48)49/h3-30H,1-2H3/i1D3,2D3. The number of pyridine rings is 1. The zero-order chi connectivity index (χ0) is 39.2. The highest BCUT2D eigenvalue weighted by Crippen LogP contribution is 2.48. The van der Waals surface area contributed by atoms with Crippen LogP contribution in [0.2, 0.25) is 0 Å². The van der Waals surface area contributed by atoms with Crippen molar-refractivity contribution in [2.45, 2.75) is 28.9 Å². The molecule has 0 atom stereocenters. The van der Waals surface area contributed by atoms with Crippen molar-refractivity contribution >= 4 is 68.4 Å². The van der Waals surface area contributed by atoms with Crippen molar-refractivity contribution in [1.29, 1.82) is 0 Å². The molecule has 0 N–H and O–H groups in total. The van der Waals surface area contributed by atoms with E-state index in [0.29, 0.717) is 26.7 Å². The Morgan fingerprint density at radius 2 is 1.25 bits per heavy atom. The van der Waals surface area contributed by atoms with Gasteiger partial charge in [0.25, 0.3) is 0 Å². The molecule has 0 bridgehead atoms. The summed E-state index contributed by atoms with van der Waals surface area (Å²) in [4.78, 5) is 11.4. The van der Waals surface area contributed by atoms with E-state index in [1.165, 1.54) is 11.8 Å². The van der Waals surface area contributed by atoms with Crippen LogP contribution in [0.1, 0.15) is 33.1 Å². The summed E-state index contributed by atoms with van der Waals surface area (Å²) in [6.07, 6.45) is 1.85. The SMILES string of the molecule is [2H]C([2H])([2H])C1(C([2H])([2H])[2H])c2ccccc2Sc2c1cccc2[Si](c1ccccc1)(c1ccccc1)c1ccnc(-n2c3ccccc3n3c4ccccc4nc23)c1. The van der Waals surface area contributed by atoms with Gasteiger partial charge in [0, 0.05) is 29.6 Å². The Morgan fingerprint density at radius 1 is 0.608 bits per heavy atom. The first-order valence-electron chi connectivity index (χ1n) is 19.9. The van der Waals surface area contributed by atoms with Crippen molar-refractivity contribution in [3.8, 4) is 5.82 Å². The van der Waals surface area contributed by atoms with E-state index in [0.717, 1.165) is 48.6 Å². The van der Waals surface area contributed by atoms with Gasteiger partial charge in [-0.05, 0) is 74.3 Å². The maximum absolute atomic E-state index is 9.05. The zero-order valence-corrected chi connectivity index (χ0v) is 29.2. The first-order valence-corrected chi connectivity index (χ1v) is 19.7. The van der Waals surface area contributed by atoms with Crippen molar-refractivity contribution in [2.75, 3.05) is 0 Å². The number of nitrogens with zero attached hydrogens (tertiary/aromatic N) is 4. The average Bonchev–Trinajstić information content (AvgIpc) is 3.75. The molecule has 4 heterocycles. The van der Waals surface area contributed by atoms with Gasteiger partial charge >= 0.3 is 0 Å². The molecule has 4 nitrogen and oxygen atoms in total. The fourth-order valence-corrected chi connectivity index (χ4v) is 14.7. The molecule has 244 valence electrons. The third kappa shape index (κ3) is 4.33. The van der Waals surface area contributed by atoms with Crippen LogP contribution >= 0.6 is 11.8 Å². The molecule has 6 aromatic carbocycles. The third-order valence-electron chi connectivity index (χ3n) is 10.3. The molecule has 0 aliphatic carbocycles. The second kappa shape index (κ2) is 11.4. The monoisotopic (exact) mass is 696 g/mol. The summed E-state index contributed by atoms with van der Waals surface area (Å²) in [6.45, 7) is -5.82. The summed E-state index contributed by atoms with van der Waals surface area (Å²) in [5.41, 5.74) is 2.14. The molecule has 0 radical (unpaired) electrons. The summed E-state index contributed by atoms with van der Waals surface area (Å²) >= 11 is 1.46. The molecular formula is C45H34N4SSi. The van der Waals surface area contributed by atoms with Gasteiger partial charge in [-0.2, -0.15) is 0 Å². The first-order chi connectivity index (χ1) is 27.6. The quantitative estimate of drug-likeness (QED) is 0.135. The minimum Gasteiger partial charge on any atom is -0.276 e. The van der Waals surface area contributed by atoms with Crippen molar-refractivity contribution in [3.63, 3.8) is 0 Å². The molecule has 1 aliphatic heterocycles. The van der Waals surface area contributed by atoms with Gasteiger partial charge in [0.05, 0.1) is 22.1 Å². The Bertz CT molecular complexity index is 2940. The second-order valence-electron chi connectivity index (χ2n) is 13.0. The summed E-state index contributed by atoms with van der Waals surface area (Å²) in [5, 5.41) is 4.02. The Labute approximate surface area is 310 Å². The van der Waals surface area contributed by atoms with Crippen molar-refractivity contribution in [3.05, 3.63) is 181 Å². The Hall–Kier alpha value is -5.69. The summed E-state index contributed by atoms with van der Waals surface area (Å²) in [7, 11) is -3.46. The molecule has 0 saturated heterocycles. The molecule has 0 saturated carbocycles. The molecule has 51 heavy (non-hydrogen) atoms. The van der Waals surface area contributed by atoms with Crippen molar-refractivity contribution < 1.29 is 8.22 Å². The lowest BCUT2D eigenvalue weighted by molar-refractivity contribution is 0.608. The van der Waals surface area contributed by atoms with Crippen LogP contribution in [0, 0.1) is 0 Å². The number of hydrogen-bond donors (Lipinski definition) is 0. The number of rotatable bonds is 5. The maximum atomic E-state index is 9.05. The topological polar surface area (TPSA) is 35.1 Å². The number of fused-ring (bicyclic) bond motifs is 7. The highest BCUT2D eigenvalue weighted by molar-refractivity contribution is 7.99. The molecular weight excluding hydrogens is 657 g/mol. The molecule has 0 fully saturated rings. The average molecular weight is 697 g/mol. The number of aromatic nitrogens is 4. The van der Waals surface area contributed by atoms with Crippen LogP contribution in [-0.4, -0.2) is 27.0 Å². The van der Waals surface area contributed by atoms with E-state index in [4.69, 9.17) is 18.2 Å². The molecule has 0 unspecified atom stereocenters. The summed E-state index contributed by atoms with van der Waals surface area (Å²) < 4.78 is 58.6. The Kier molecular flexibility index (Phi) is 5.48. The van der Waals surface area contributed by atoms with Gasteiger partial charge in [-0.25, -0.2) is 9.97 Å². The van der Waals surface area contributed by atoms with Crippen LogP contribution in [-0.2, 0) is 5.41 Å². The lowest BCUT2D eigenvalue weighted by Gasteiger charge is -2.40. The summed E-state index contributed by atoms with van der Waals surface area (Å²) in [5.74, 6) is 1.41. The fraction of sp³-hybridized carbons (Fsp3) is 0.0667. The molecule has 3 aromatic heterocycles. The third-order valence-corrected chi connectivity index (χ3v) is 16.5. The largest absolute Gasteiger partial charge is 0.276 e. The predicted octanol–water partition coefficient (Wildman–Crippen LogP) is 7.99. The zero-order valence-electron chi connectivity index (χ0n) is 33.4. The van der Waals surface area contributed by atoms with Gasteiger partial charge in [0.15, 0.2) is 8.07 Å². The van der Waals surface area contributed by atoms with E-state index in [2.05, 4.69) is 69.6 Å². The number of para-hydroxylation sites is 4. The van der Waals surface area contributed by atoms with Gasteiger partial charge in [-0.1, -0.05) is 147 Å². The Morgan fingerprint density at radius 3 is 2.02 bits per heavy atom. The lowest BCUT2D eigenvalue weighted by atomic mass is 9.78. The highest BCUT2D eigenvalue weighted by Gasteiger charge is 2.46.